The number of aryl methyl sites for hydroxylation is 2. The molecule has 0 radical (unpaired) electrons. The minimum Gasteiger partial charge on any atom is -0.481 e. The number of piperidine rings is 1. The SMILES string of the molecule is Cc1ccc(S(=O)(=O)N2C[C@@H](C(=O)O)[C@H](SCc3ccccc3)C[C@H]2c2cccc(C)c2)cc1. The van der Waals surface area contributed by atoms with E-state index in [1.54, 1.807) is 36.0 Å². The topological polar surface area (TPSA) is 74.7 Å². The number of carbonyl (C=O) groups is 1. The van der Waals surface area contributed by atoms with Crippen molar-refractivity contribution >= 4 is 27.8 Å². The largest absolute Gasteiger partial charge is 0.481 e. The summed E-state index contributed by atoms with van der Waals surface area (Å²) in [4.78, 5) is 12.5. The zero-order chi connectivity index (χ0) is 24.3. The van der Waals surface area contributed by atoms with E-state index in [1.807, 2.05) is 68.4 Å². The standard InChI is InChI=1S/C27H29NO4S2/c1-19-11-13-23(14-12-19)34(31,32)28-17-24(27(29)30)26(33-18-21-8-4-3-5-9-21)16-25(28)22-10-6-7-20(2)15-22/h3-15,24-26H,16-18H2,1-2H3,(H,29,30)/t24-,25+,26-/m1/s1. The molecule has 1 N–H and O–H groups in total. The van der Waals surface area contributed by atoms with Crippen molar-refractivity contribution in [2.24, 2.45) is 5.92 Å². The number of carboxylic acid groups (broad SMARTS) is 1. The van der Waals surface area contributed by atoms with Gasteiger partial charge in [-0.2, -0.15) is 16.1 Å². The van der Waals surface area contributed by atoms with E-state index < -0.39 is 28.0 Å². The van der Waals surface area contributed by atoms with E-state index in [0.29, 0.717) is 12.2 Å². The predicted molar refractivity (Wildman–Crippen MR) is 136 cm³/mol. The molecule has 7 heteroatoms. The van der Waals surface area contributed by atoms with Crippen molar-refractivity contribution in [1.29, 1.82) is 0 Å². The first kappa shape index (κ1) is 24.5. The quantitative estimate of drug-likeness (QED) is 0.472. The Morgan fingerprint density at radius 3 is 2.32 bits per heavy atom. The molecule has 1 heterocycles. The Kier molecular flexibility index (Phi) is 7.45. The van der Waals surface area contributed by atoms with Crippen LogP contribution in [0.4, 0.5) is 0 Å². The van der Waals surface area contributed by atoms with E-state index in [-0.39, 0.29) is 16.7 Å². The zero-order valence-electron chi connectivity index (χ0n) is 19.3. The summed E-state index contributed by atoms with van der Waals surface area (Å²) >= 11 is 1.60. The van der Waals surface area contributed by atoms with Gasteiger partial charge in [0.2, 0.25) is 10.0 Å². The fourth-order valence-corrected chi connectivity index (χ4v) is 7.43. The number of hydrogen-bond donors (Lipinski definition) is 1. The third-order valence-electron chi connectivity index (χ3n) is 6.31. The molecule has 1 saturated heterocycles. The van der Waals surface area contributed by atoms with E-state index in [1.165, 1.54) is 4.31 Å². The number of sulfonamides is 1. The molecule has 0 unspecified atom stereocenters. The second kappa shape index (κ2) is 10.3. The van der Waals surface area contributed by atoms with Crippen LogP contribution in [0.3, 0.4) is 0 Å². The smallest absolute Gasteiger partial charge is 0.308 e. The molecule has 3 aromatic carbocycles. The maximum Gasteiger partial charge on any atom is 0.308 e. The number of thioether (sulfide) groups is 1. The maximum atomic E-state index is 13.7. The second-order valence-electron chi connectivity index (χ2n) is 8.83. The number of rotatable bonds is 7. The van der Waals surface area contributed by atoms with Crippen molar-refractivity contribution in [2.75, 3.05) is 6.54 Å². The molecular weight excluding hydrogens is 466 g/mol. The summed E-state index contributed by atoms with van der Waals surface area (Å²) in [6.07, 6.45) is 0.434. The van der Waals surface area contributed by atoms with Crippen LogP contribution in [0, 0.1) is 19.8 Å². The van der Waals surface area contributed by atoms with Gasteiger partial charge in [-0.25, -0.2) is 8.42 Å². The van der Waals surface area contributed by atoms with Crippen molar-refractivity contribution in [1.82, 2.24) is 4.31 Å². The second-order valence-corrected chi connectivity index (χ2v) is 12.0. The number of carboxylic acids is 1. The highest BCUT2D eigenvalue weighted by Gasteiger charge is 2.45. The van der Waals surface area contributed by atoms with Crippen molar-refractivity contribution in [3.8, 4) is 0 Å². The molecule has 1 aliphatic rings. The molecule has 178 valence electrons. The van der Waals surface area contributed by atoms with Gasteiger partial charge in [0.25, 0.3) is 0 Å². The van der Waals surface area contributed by atoms with Crippen LogP contribution < -0.4 is 0 Å². The summed E-state index contributed by atoms with van der Waals surface area (Å²) < 4.78 is 28.9. The van der Waals surface area contributed by atoms with Gasteiger partial charge < -0.3 is 5.11 Å². The third kappa shape index (κ3) is 5.37. The first-order valence-electron chi connectivity index (χ1n) is 11.3. The molecule has 34 heavy (non-hydrogen) atoms. The van der Waals surface area contributed by atoms with E-state index >= 15 is 0 Å². The molecule has 3 aromatic rings. The Morgan fingerprint density at radius 1 is 0.971 bits per heavy atom. The fourth-order valence-electron chi connectivity index (χ4n) is 4.43. The van der Waals surface area contributed by atoms with Gasteiger partial charge >= 0.3 is 5.97 Å². The Labute approximate surface area is 205 Å². The third-order valence-corrected chi connectivity index (χ3v) is 9.65. The van der Waals surface area contributed by atoms with Gasteiger partial charge in [-0.05, 0) is 43.5 Å². The zero-order valence-corrected chi connectivity index (χ0v) is 20.9. The van der Waals surface area contributed by atoms with Gasteiger partial charge in [0.1, 0.15) is 0 Å². The normalized spacial score (nSPS) is 21.3. The highest BCUT2D eigenvalue weighted by Crippen LogP contribution is 2.43. The molecule has 0 saturated carbocycles. The molecule has 3 atom stereocenters. The Balaban J connectivity index is 1.71. The molecule has 0 bridgehead atoms. The minimum atomic E-state index is -3.89. The molecule has 0 aromatic heterocycles. The summed E-state index contributed by atoms with van der Waals surface area (Å²) in [6.45, 7) is 3.82. The minimum absolute atomic E-state index is 0.0589. The van der Waals surface area contributed by atoms with Gasteiger partial charge in [-0.3, -0.25) is 4.79 Å². The lowest BCUT2D eigenvalue weighted by atomic mass is 9.90. The summed E-state index contributed by atoms with van der Waals surface area (Å²) in [5.74, 6) is -1.08. The van der Waals surface area contributed by atoms with Crippen LogP contribution in [0.25, 0.3) is 0 Å². The van der Waals surface area contributed by atoms with E-state index in [0.717, 1.165) is 22.3 Å². The van der Waals surface area contributed by atoms with E-state index in [2.05, 4.69) is 0 Å². The predicted octanol–water partition coefficient (Wildman–Crippen LogP) is 5.44. The van der Waals surface area contributed by atoms with Gasteiger partial charge in [0.15, 0.2) is 0 Å². The van der Waals surface area contributed by atoms with Crippen molar-refractivity contribution < 1.29 is 18.3 Å². The fraction of sp³-hybridized carbons (Fsp3) is 0.296. The highest BCUT2D eigenvalue weighted by atomic mass is 32.2. The van der Waals surface area contributed by atoms with Crippen LogP contribution in [-0.2, 0) is 20.6 Å². The lowest BCUT2D eigenvalue weighted by molar-refractivity contribution is -0.143. The number of hydrogen-bond acceptors (Lipinski definition) is 4. The van der Waals surface area contributed by atoms with Gasteiger partial charge in [-0.1, -0.05) is 77.9 Å². The Morgan fingerprint density at radius 2 is 1.68 bits per heavy atom. The van der Waals surface area contributed by atoms with Crippen molar-refractivity contribution in [3.63, 3.8) is 0 Å². The van der Waals surface area contributed by atoms with Crippen LogP contribution in [0.5, 0.6) is 0 Å². The molecule has 1 aliphatic heterocycles. The van der Waals surface area contributed by atoms with Gasteiger partial charge in [0, 0.05) is 17.5 Å². The van der Waals surface area contributed by atoms with E-state index in [4.69, 9.17) is 0 Å². The Hall–Kier alpha value is -2.61. The number of nitrogens with zero attached hydrogens (tertiary/aromatic N) is 1. The molecule has 0 amide bonds. The summed E-state index contributed by atoms with van der Waals surface area (Å²) in [5.41, 5.74) is 4.02. The molecule has 0 aliphatic carbocycles. The number of aliphatic carboxylic acids is 1. The van der Waals surface area contributed by atoms with Gasteiger partial charge in [-0.15, -0.1) is 0 Å². The average molecular weight is 496 g/mol. The average Bonchev–Trinajstić information content (AvgIpc) is 2.83. The molecule has 1 fully saturated rings. The van der Waals surface area contributed by atoms with Crippen molar-refractivity contribution in [3.05, 3.63) is 101 Å². The first-order valence-corrected chi connectivity index (χ1v) is 13.8. The number of benzene rings is 3. The maximum absolute atomic E-state index is 13.7. The van der Waals surface area contributed by atoms with Crippen LogP contribution >= 0.6 is 11.8 Å². The first-order chi connectivity index (χ1) is 16.3. The monoisotopic (exact) mass is 495 g/mol. The molecule has 0 spiro atoms. The summed E-state index contributed by atoms with van der Waals surface area (Å²) in [7, 11) is -3.89. The summed E-state index contributed by atoms with van der Waals surface area (Å²) in [6, 6.07) is 24.1. The van der Waals surface area contributed by atoms with Crippen molar-refractivity contribution in [2.45, 2.75) is 42.2 Å². The lowest BCUT2D eigenvalue weighted by Crippen LogP contribution is -2.49. The van der Waals surface area contributed by atoms with E-state index in [9.17, 15) is 18.3 Å². The highest BCUT2D eigenvalue weighted by molar-refractivity contribution is 7.99. The van der Waals surface area contributed by atoms with Crippen LogP contribution in [0.1, 0.15) is 34.7 Å². The summed E-state index contributed by atoms with van der Waals surface area (Å²) in [5, 5.41) is 9.85. The molecule has 5 nitrogen and oxygen atoms in total. The van der Waals surface area contributed by atoms with Crippen LogP contribution in [0.2, 0.25) is 0 Å². The van der Waals surface area contributed by atoms with Crippen LogP contribution in [0.15, 0.2) is 83.8 Å². The molecular formula is C27H29NO4S2. The molecule has 4 rings (SSSR count). The Bertz CT molecular complexity index is 1240. The lowest BCUT2D eigenvalue weighted by Gasteiger charge is -2.42. The van der Waals surface area contributed by atoms with Gasteiger partial charge in [0.05, 0.1) is 16.9 Å². The van der Waals surface area contributed by atoms with Crippen LogP contribution in [-0.4, -0.2) is 35.6 Å².